The van der Waals surface area contributed by atoms with Crippen molar-refractivity contribution in [3.05, 3.63) is 42.5 Å². The zero-order chi connectivity index (χ0) is 14.4. The highest BCUT2D eigenvalue weighted by atomic mass is 16.5. The zero-order valence-electron chi connectivity index (χ0n) is 11.2. The lowest BCUT2D eigenvalue weighted by Crippen LogP contribution is -2.03. The van der Waals surface area contributed by atoms with Crippen LogP contribution in [0.2, 0.25) is 0 Å². The van der Waals surface area contributed by atoms with E-state index in [0.717, 1.165) is 29.7 Å². The average molecular weight is 272 g/mol. The minimum Gasteiger partial charge on any atom is -0.494 e. The first-order valence-corrected chi connectivity index (χ1v) is 6.49. The second kappa shape index (κ2) is 6.65. The van der Waals surface area contributed by atoms with E-state index in [1.54, 1.807) is 0 Å². The van der Waals surface area contributed by atoms with E-state index in [9.17, 15) is 4.79 Å². The van der Waals surface area contributed by atoms with Gasteiger partial charge in [0.1, 0.15) is 5.75 Å². The molecule has 0 unspecified atom stereocenters. The van der Waals surface area contributed by atoms with Crippen molar-refractivity contribution in [2.24, 2.45) is 0 Å². The van der Waals surface area contributed by atoms with E-state index in [1.165, 1.54) is 12.4 Å². The third-order valence-corrected chi connectivity index (χ3v) is 2.80. The fourth-order valence-electron chi connectivity index (χ4n) is 1.67. The first-order chi connectivity index (χ1) is 9.70. The summed E-state index contributed by atoms with van der Waals surface area (Å²) in [6, 6.07) is 7.58. The molecule has 2 aromatic rings. The lowest BCUT2D eigenvalue weighted by Gasteiger charge is -2.06. The van der Waals surface area contributed by atoms with Crippen LogP contribution in [0.4, 0.5) is 0 Å². The SMILES string of the molecule is CCCCOc1ccc(-c2cnc(C(=O)O)nc2)cc1. The van der Waals surface area contributed by atoms with Gasteiger partial charge < -0.3 is 9.84 Å². The van der Waals surface area contributed by atoms with Crippen molar-refractivity contribution in [2.75, 3.05) is 6.61 Å². The van der Waals surface area contributed by atoms with E-state index in [1.807, 2.05) is 24.3 Å². The first kappa shape index (κ1) is 14.0. The standard InChI is InChI=1S/C15H16N2O3/c1-2-3-8-20-13-6-4-11(5-7-13)12-9-16-14(15(18)19)17-10-12/h4-7,9-10H,2-3,8H2,1H3,(H,18,19). The Morgan fingerprint density at radius 3 is 2.35 bits per heavy atom. The summed E-state index contributed by atoms with van der Waals surface area (Å²) in [4.78, 5) is 18.3. The van der Waals surface area contributed by atoms with Gasteiger partial charge in [0.05, 0.1) is 6.61 Å². The van der Waals surface area contributed by atoms with Crippen LogP contribution in [-0.4, -0.2) is 27.7 Å². The second-order valence-corrected chi connectivity index (χ2v) is 4.33. The Balaban J connectivity index is 2.07. The highest BCUT2D eigenvalue weighted by molar-refractivity contribution is 5.83. The molecular weight excluding hydrogens is 256 g/mol. The van der Waals surface area contributed by atoms with Gasteiger partial charge in [-0.05, 0) is 24.1 Å². The molecule has 0 spiro atoms. The molecule has 20 heavy (non-hydrogen) atoms. The number of unbranched alkanes of at least 4 members (excludes halogenated alkanes) is 1. The van der Waals surface area contributed by atoms with Crippen LogP contribution in [-0.2, 0) is 0 Å². The molecule has 104 valence electrons. The van der Waals surface area contributed by atoms with Crippen LogP contribution in [0.3, 0.4) is 0 Å². The lowest BCUT2D eigenvalue weighted by atomic mass is 10.1. The molecule has 5 heteroatoms. The minimum atomic E-state index is -1.13. The van der Waals surface area contributed by atoms with Crippen molar-refractivity contribution in [1.82, 2.24) is 9.97 Å². The van der Waals surface area contributed by atoms with Gasteiger partial charge >= 0.3 is 5.97 Å². The summed E-state index contributed by atoms with van der Waals surface area (Å²) in [7, 11) is 0. The summed E-state index contributed by atoms with van der Waals surface area (Å²) in [6.07, 6.45) is 5.14. The maximum absolute atomic E-state index is 10.7. The first-order valence-electron chi connectivity index (χ1n) is 6.49. The molecule has 0 fully saturated rings. The van der Waals surface area contributed by atoms with E-state index < -0.39 is 5.97 Å². The van der Waals surface area contributed by atoms with E-state index in [-0.39, 0.29) is 5.82 Å². The summed E-state index contributed by atoms with van der Waals surface area (Å²) < 4.78 is 5.58. The van der Waals surface area contributed by atoms with Crippen LogP contribution < -0.4 is 4.74 Å². The Morgan fingerprint density at radius 2 is 1.80 bits per heavy atom. The van der Waals surface area contributed by atoms with Gasteiger partial charge in [-0.3, -0.25) is 0 Å². The van der Waals surface area contributed by atoms with Crippen molar-refractivity contribution in [3.8, 4) is 16.9 Å². The van der Waals surface area contributed by atoms with Gasteiger partial charge in [-0.2, -0.15) is 0 Å². The number of hydrogen-bond acceptors (Lipinski definition) is 4. The molecule has 2 rings (SSSR count). The van der Waals surface area contributed by atoms with E-state index in [0.29, 0.717) is 6.61 Å². The summed E-state index contributed by atoms with van der Waals surface area (Å²) in [5.41, 5.74) is 1.69. The summed E-state index contributed by atoms with van der Waals surface area (Å²) >= 11 is 0. The largest absolute Gasteiger partial charge is 0.494 e. The fraction of sp³-hybridized carbons (Fsp3) is 0.267. The van der Waals surface area contributed by atoms with Gasteiger partial charge in [0.2, 0.25) is 5.82 Å². The van der Waals surface area contributed by atoms with Crippen LogP contribution in [0, 0.1) is 0 Å². The van der Waals surface area contributed by atoms with Crippen molar-refractivity contribution in [1.29, 1.82) is 0 Å². The fourth-order valence-corrected chi connectivity index (χ4v) is 1.67. The van der Waals surface area contributed by atoms with Gasteiger partial charge in [0.15, 0.2) is 0 Å². The normalized spacial score (nSPS) is 10.2. The van der Waals surface area contributed by atoms with Gasteiger partial charge in [-0.25, -0.2) is 14.8 Å². The van der Waals surface area contributed by atoms with E-state index in [4.69, 9.17) is 9.84 Å². The van der Waals surface area contributed by atoms with Crippen LogP contribution in [0.25, 0.3) is 11.1 Å². The van der Waals surface area contributed by atoms with Crippen molar-refractivity contribution in [3.63, 3.8) is 0 Å². The molecule has 0 aliphatic heterocycles. The lowest BCUT2D eigenvalue weighted by molar-refractivity contribution is 0.0683. The molecule has 0 amide bonds. The number of ether oxygens (including phenoxy) is 1. The Labute approximate surface area is 117 Å². The molecule has 1 N–H and O–H groups in total. The molecule has 1 heterocycles. The number of rotatable bonds is 6. The number of carboxylic acid groups (broad SMARTS) is 1. The maximum atomic E-state index is 10.7. The molecule has 0 aliphatic rings. The van der Waals surface area contributed by atoms with Gasteiger partial charge in [-0.1, -0.05) is 25.5 Å². The van der Waals surface area contributed by atoms with Crippen LogP contribution >= 0.6 is 0 Å². The number of carbonyl (C=O) groups is 1. The van der Waals surface area contributed by atoms with Crippen molar-refractivity contribution < 1.29 is 14.6 Å². The Hall–Kier alpha value is -2.43. The van der Waals surface area contributed by atoms with Crippen LogP contribution in [0.15, 0.2) is 36.7 Å². The van der Waals surface area contributed by atoms with E-state index >= 15 is 0 Å². The number of nitrogens with zero attached hydrogens (tertiary/aromatic N) is 2. The minimum absolute atomic E-state index is 0.201. The molecule has 0 aliphatic carbocycles. The van der Waals surface area contributed by atoms with Gasteiger partial charge in [0.25, 0.3) is 0 Å². The highest BCUT2D eigenvalue weighted by Gasteiger charge is 2.06. The van der Waals surface area contributed by atoms with Crippen LogP contribution in [0.1, 0.15) is 30.4 Å². The highest BCUT2D eigenvalue weighted by Crippen LogP contribution is 2.21. The third-order valence-electron chi connectivity index (χ3n) is 2.80. The molecule has 1 aromatic heterocycles. The number of aromatic carboxylic acids is 1. The second-order valence-electron chi connectivity index (χ2n) is 4.33. The molecule has 0 atom stereocenters. The average Bonchev–Trinajstić information content (AvgIpc) is 2.48. The predicted molar refractivity (Wildman–Crippen MR) is 74.8 cm³/mol. The molecule has 0 bridgehead atoms. The Bertz CT molecular complexity index is 565. The van der Waals surface area contributed by atoms with Crippen molar-refractivity contribution >= 4 is 5.97 Å². The number of aromatic nitrogens is 2. The topological polar surface area (TPSA) is 72.3 Å². The number of hydrogen-bond donors (Lipinski definition) is 1. The van der Waals surface area contributed by atoms with Gasteiger partial charge in [-0.15, -0.1) is 0 Å². The maximum Gasteiger partial charge on any atom is 0.373 e. The van der Waals surface area contributed by atoms with E-state index in [2.05, 4.69) is 16.9 Å². The monoisotopic (exact) mass is 272 g/mol. The number of benzene rings is 1. The Kier molecular flexibility index (Phi) is 4.65. The summed E-state index contributed by atoms with van der Waals surface area (Å²) in [6.45, 7) is 2.83. The zero-order valence-corrected chi connectivity index (χ0v) is 11.2. The third kappa shape index (κ3) is 3.54. The predicted octanol–water partition coefficient (Wildman–Crippen LogP) is 3.02. The summed E-state index contributed by atoms with van der Waals surface area (Å²) in [5.74, 6) is -0.505. The molecular formula is C15H16N2O3. The van der Waals surface area contributed by atoms with Crippen LogP contribution in [0.5, 0.6) is 5.75 Å². The Morgan fingerprint density at radius 1 is 1.15 bits per heavy atom. The molecule has 5 nitrogen and oxygen atoms in total. The quantitative estimate of drug-likeness (QED) is 0.818. The molecule has 0 saturated carbocycles. The molecule has 0 saturated heterocycles. The smallest absolute Gasteiger partial charge is 0.373 e. The van der Waals surface area contributed by atoms with Crippen molar-refractivity contribution in [2.45, 2.75) is 19.8 Å². The molecule has 1 aromatic carbocycles. The van der Waals surface area contributed by atoms with Gasteiger partial charge in [0, 0.05) is 18.0 Å². The molecule has 0 radical (unpaired) electrons. The number of carboxylic acids is 1. The summed E-state index contributed by atoms with van der Waals surface area (Å²) in [5, 5.41) is 8.74.